The molecule has 0 atom stereocenters. The molecule has 2 rings (SSSR count). The molecule has 1 aromatic carbocycles. The Morgan fingerprint density at radius 3 is 2.30 bits per heavy atom. The molecule has 0 spiro atoms. The predicted molar refractivity (Wildman–Crippen MR) is 71.4 cm³/mol. The summed E-state index contributed by atoms with van der Waals surface area (Å²) in [5, 5.41) is 10.7. The van der Waals surface area contributed by atoms with Crippen LogP contribution < -0.4 is 25.4 Å². The number of tetrazole rings is 1. The lowest BCUT2D eigenvalue weighted by Crippen LogP contribution is -2.18. The van der Waals surface area contributed by atoms with Gasteiger partial charge in [-0.25, -0.2) is 0 Å². The summed E-state index contributed by atoms with van der Waals surface area (Å²) >= 11 is 0. The monoisotopic (exact) mass is 280 g/mol. The molecule has 0 aliphatic carbocycles. The third-order valence-corrected chi connectivity index (χ3v) is 2.70. The van der Waals surface area contributed by atoms with E-state index in [1.165, 1.54) is 4.79 Å². The third kappa shape index (κ3) is 2.66. The highest BCUT2D eigenvalue weighted by molar-refractivity contribution is 5.51. The highest BCUT2D eigenvalue weighted by atomic mass is 16.5. The van der Waals surface area contributed by atoms with Gasteiger partial charge in [0.2, 0.25) is 0 Å². The molecule has 0 amide bonds. The number of nitrogens with two attached hydrogens (primary N) is 1. The summed E-state index contributed by atoms with van der Waals surface area (Å²) in [7, 11) is 4.72. The predicted octanol–water partition coefficient (Wildman–Crippen LogP) is 0.0248. The number of benzene rings is 1. The van der Waals surface area contributed by atoms with Gasteiger partial charge in [0, 0.05) is 11.6 Å². The number of hydrogen-bond donors (Lipinski definition) is 2. The van der Waals surface area contributed by atoms with Crippen LogP contribution in [0.2, 0.25) is 0 Å². The van der Waals surface area contributed by atoms with E-state index in [-0.39, 0.29) is 5.95 Å². The summed E-state index contributed by atoms with van der Waals surface area (Å²) in [6, 6.07) is 3.56. The number of nitrogen functional groups attached to an aromatic ring is 1. The summed E-state index contributed by atoms with van der Waals surface area (Å²) in [5.41, 5.74) is 9.36. The van der Waals surface area contributed by atoms with Crippen molar-refractivity contribution >= 4 is 5.95 Å². The topological polar surface area (TPSA) is 109 Å². The second-order valence-corrected chi connectivity index (χ2v) is 3.80. The number of nitrogens with one attached hydrogen (secondary N) is 1. The lowest BCUT2D eigenvalue weighted by Gasteiger charge is -2.14. The van der Waals surface area contributed by atoms with Crippen LogP contribution in [0.4, 0.5) is 5.95 Å². The van der Waals surface area contributed by atoms with Gasteiger partial charge in [0.15, 0.2) is 11.5 Å². The average molecular weight is 280 g/mol. The lowest BCUT2D eigenvalue weighted by atomic mass is 10.1. The van der Waals surface area contributed by atoms with Crippen molar-refractivity contribution < 1.29 is 14.2 Å². The van der Waals surface area contributed by atoms with Gasteiger partial charge < -0.3 is 25.4 Å². The van der Waals surface area contributed by atoms with E-state index in [1.807, 2.05) is 6.07 Å². The summed E-state index contributed by atoms with van der Waals surface area (Å²) in [6.45, 7) is 0.402. The maximum atomic E-state index is 5.57. The number of hydrogen-bond acceptors (Lipinski definition) is 8. The Labute approximate surface area is 115 Å². The summed E-state index contributed by atoms with van der Waals surface area (Å²) < 4.78 is 15.8. The van der Waals surface area contributed by atoms with E-state index in [0.29, 0.717) is 23.8 Å². The Kier molecular flexibility index (Phi) is 4.08. The molecule has 0 unspecified atom stereocenters. The normalized spacial score (nSPS) is 10.2. The summed E-state index contributed by atoms with van der Waals surface area (Å²) in [4.78, 5) is 1.27. The third-order valence-electron chi connectivity index (χ3n) is 2.70. The summed E-state index contributed by atoms with van der Waals surface area (Å²) in [5.74, 6) is 2.02. The minimum Gasteiger partial charge on any atom is -0.496 e. The van der Waals surface area contributed by atoms with Gasteiger partial charge in [-0.05, 0) is 16.5 Å². The van der Waals surface area contributed by atoms with Crippen molar-refractivity contribution in [1.29, 1.82) is 0 Å². The first-order valence-electron chi connectivity index (χ1n) is 5.76. The second-order valence-electron chi connectivity index (χ2n) is 3.80. The molecule has 2 aromatic rings. The zero-order valence-corrected chi connectivity index (χ0v) is 11.5. The number of rotatable bonds is 6. The number of anilines is 1. The van der Waals surface area contributed by atoms with E-state index in [2.05, 4.69) is 21.0 Å². The molecule has 0 radical (unpaired) electrons. The van der Waals surface area contributed by atoms with Crippen molar-refractivity contribution in [2.24, 2.45) is 0 Å². The maximum Gasteiger partial charge on any atom is 0.260 e. The SMILES string of the molecule is COc1cc(OC)c(OC)cc1CNn1nnnc1N. The molecule has 0 fully saturated rings. The molecule has 20 heavy (non-hydrogen) atoms. The first-order chi connectivity index (χ1) is 9.69. The number of nitrogens with zero attached hydrogens (tertiary/aromatic N) is 4. The summed E-state index contributed by atoms with van der Waals surface area (Å²) in [6.07, 6.45) is 0. The van der Waals surface area contributed by atoms with Gasteiger partial charge in [-0.15, -0.1) is 4.79 Å². The number of aromatic nitrogens is 4. The first kappa shape index (κ1) is 13.7. The van der Waals surface area contributed by atoms with Crippen LogP contribution in [0.3, 0.4) is 0 Å². The van der Waals surface area contributed by atoms with E-state index in [1.54, 1.807) is 27.4 Å². The van der Waals surface area contributed by atoms with Gasteiger partial charge in [0.25, 0.3) is 5.95 Å². The molecule has 0 saturated heterocycles. The molecule has 0 aliphatic rings. The van der Waals surface area contributed by atoms with Crippen LogP contribution in [0.15, 0.2) is 12.1 Å². The van der Waals surface area contributed by atoms with E-state index >= 15 is 0 Å². The molecule has 0 saturated carbocycles. The molecular formula is C11H16N6O3. The van der Waals surface area contributed by atoms with E-state index in [9.17, 15) is 0 Å². The van der Waals surface area contributed by atoms with Crippen LogP contribution in [0.1, 0.15) is 5.56 Å². The molecule has 0 aliphatic heterocycles. The molecule has 108 valence electrons. The average Bonchev–Trinajstić information content (AvgIpc) is 2.89. The van der Waals surface area contributed by atoms with Crippen LogP contribution in [0, 0.1) is 0 Å². The van der Waals surface area contributed by atoms with Gasteiger partial charge in [0.05, 0.1) is 27.9 Å². The Hall–Kier alpha value is -2.71. The van der Waals surface area contributed by atoms with Gasteiger partial charge in [-0.3, -0.25) is 0 Å². The van der Waals surface area contributed by atoms with E-state index in [4.69, 9.17) is 19.9 Å². The molecule has 0 bridgehead atoms. The van der Waals surface area contributed by atoms with E-state index < -0.39 is 0 Å². The lowest BCUT2D eigenvalue weighted by molar-refractivity contribution is 0.347. The zero-order valence-electron chi connectivity index (χ0n) is 11.5. The molecule has 9 heteroatoms. The molecule has 1 aromatic heterocycles. The fraction of sp³-hybridized carbons (Fsp3) is 0.364. The minimum atomic E-state index is 0.171. The fourth-order valence-corrected chi connectivity index (χ4v) is 1.70. The number of methoxy groups -OCH3 is 3. The Morgan fingerprint density at radius 1 is 1.10 bits per heavy atom. The standard InChI is InChI=1S/C11H16N6O3/c1-18-8-5-10(20-3)9(19-2)4-7(8)6-13-17-11(12)14-15-16-17/h4-5,13H,6H2,1-3H3,(H2,12,14,16). The van der Waals surface area contributed by atoms with Crippen LogP contribution in [0.5, 0.6) is 17.2 Å². The molecular weight excluding hydrogens is 264 g/mol. The van der Waals surface area contributed by atoms with Crippen LogP contribution in [-0.4, -0.2) is 41.6 Å². The Bertz CT molecular complexity index is 586. The Balaban J connectivity index is 2.23. The van der Waals surface area contributed by atoms with Crippen molar-refractivity contribution in [2.75, 3.05) is 32.5 Å². The van der Waals surface area contributed by atoms with Crippen molar-refractivity contribution in [3.63, 3.8) is 0 Å². The molecule has 3 N–H and O–H groups in total. The first-order valence-corrected chi connectivity index (χ1v) is 5.76. The van der Waals surface area contributed by atoms with Crippen LogP contribution in [-0.2, 0) is 6.54 Å². The van der Waals surface area contributed by atoms with Crippen molar-refractivity contribution in [1.82, 2.24) is 20.3 Å². The molecule has 9 nitrogen and oxygen atoms in total. The smallest absolute Gasteiger partial charge is 0.260 e. The second kappa shape index (κ2) is 5.95. The van der Waals surface area contributed by atoms with Crippen molar-refractivity contribution in [3.05, 3.63) is 17.7 Å². The van der Waals surface area contributed by atoms with Gasteiger partial charge in [0.1, 0.15) is 5.75 Å². The maximum absolute atomic E-state index is 5.57. The van der Waals surface area contributed by atoms with Crippen molar-refractivity contribution in [3.8, 4) is 17.2 Å². The highest BCUT2D eigenvalue weighted by Gasteiger charge is 2.12. The van der Waals surface area contributed by atoms with E-state index in [0.717, 1.165) is 5.56 Å². The largest absolute Gasteiger partial charge is 0.496 e. The van der Waals surface area contributed by atoms with Crippen LogP contribution in [0.25, 0.3) is 0 Å². The van der Waals surface area contributed by atoms with Gasteiger partial charge >= 0.3 is 0 Å². The van der Waals surface area contributed by atoms with Crippen molar-refractivity contribution in [2.45, 2.75) is 6.54 Å². The van der Waals surface area contributed by atoms with Gasteiger partial charge in [-0.1, -0.05) is 5.10 Å². The Morgan fingerprint density at radius 2 is 1.75 bits per heavy atom. The van der Waals surface area contributed by atoms with Gasteiger partial charge in [-0.2, -0.15) is 0 Å². The quantitative estimate of drug-likeness (QED) is 0.762. The zero-order chi connectivity index (χ0) is 14.5. The fourth-order valence-electron chi connectivity index (χ4n) is 1.70. The highest BCUT2D eigenvalue weighted by Crippen LogP contribution is 2.34. The van der Waals surface area contributed by atoms with Crippen LogP contribution >= 0.6 is 0 Å². The number of ether oxygens (including phenoxy) is 3. The minimum absolute atomic E-state index is 0.171. The molecule has 1 heterocycles.